The van der Waals surface area contributed by atoms with E-state index in [0.717, 1.165) is 71.2 Å². The molecule has 0 spiro atoms. The molecule has 7 nitrogen and oxygen atoms in total. The molecule has 0 aromatic heterocycles. The Labute approximate surface area is 180 Å². The third-order valence-electron chi connectivity index (χ3n) is 5.77. The van der Waals surface area contributed by atoms with Crippen LogP contribution < -0.4 is 10.6 Å². The van der Waals surface area contributed by atoms with Crippen LogP contribution in [0, 0.1) is 5.92 Å². The number of aliphatic imine (C=N–C) groups is 1. The van der Waals surface area contributed by atoms with Gasteiger partial charge >= 0.3 is 0 Å². The van der Waals surface area contributed by atoms with Crippen molar-refractivity contribution in [2.45, 2.75) is 45.2 Å². The number of carbonyl (C=O) groups excluding carboxylic acids is 1. The molecule has 0 bridgehead atoms. The Hall–Kier alpha value is -2.12. The minimum atomic E-state index is 0.259. The summed E-state index contributed by atoms with van der Waals surface area (Å²) in [6.45, 7) is 6.38. The number of carbonyl (C=O) groups is 1. The molecule has 1 aromatic rings. The topological polar surface area (TPSA) is 75.2 Å². The molecular weight excluding hydrogens is 380 g/mol. The van der Waals surface area contributed by atoms with Crippen molar-refractivity contribution in [1.29, 1.82) is 0 Å². The zero-order valence-electron chi connectivity index (χ0n) is 18.2. The highest BCUT2D eigenvalue weighted by molar-refractivity contribution is 5.79. The Bertz CT molecular complexity index is 689. The first-order chi connectivity index (χ1) is 14.8. The number of ether oxygens (including phenoxy) is 2. The van der Waals surface area contributed by atoms with Gasteiger partial charge in [-0.15, -0.1) is 0 Å². The minimum Gasteiger partial charge on any atom is -0.381 e. The van der Waals surface area contributed by atoms with E-state index in [1.807, 2.05) is 17.0 Å². The smallest absolute Gasteiger partial charge is 0.222 e. The molecule has 2 fully saturated rings. The van der Waals surface area contributed by atoms with Crippen molar-refractivity contribution in [3.8, 4) is 0 Å². The van der Waals surface area contributed by atoms with Crippen molar-refractivity contribution < 1.29 is 14.3 Å². The van der Waals surface area contributed by atoms with Crippen LogP contribution in [-0.2, 0) is 27.4 Å². The molecule has 2 heterocycles. The van der Waals surface area contributed by atoms with Crippen LogP contribution in [0.3, 0.4) is 0 Å². The van der Waals surface area contributed by atoms with Crippen LogP contribution in [0.2, 0.25) is 0 Å². The summed E-state index contributed by atoms with van der Waals surface area (Å²) in [6.07, 6.45) is 4.81. The van der Waals surface area contributed by atoms with E-state index in [1.54, 1.807) is 7.05 Å². The van der Waals surface area contributed by atoms with Gasteiger partial charge in [0.2, 0.25) is 5.91 Å². The molecule has 2 aliphatic heterocycles. The number of guanidine groups is 1. The maximum absolute atomic E-state index is 12.0. The molecule has 30 heavy (non-hydrogen) atoms. The first-order valence-electron chi connectivity index (χ1n) is 11.2. The van der Waals surface area contributed by atoms with Gasteiger partial charge in [0.1, 0.15) is 0 Å². The van der Waals surface area contributed by atoms with Gasteiger partial charge in [0.05, 0.1) is 0 Å². The summed E-state index contributed by atoms with van der Waals surface area (Å²) in [7, 11) is 1.78. The van der Waals surface area contributed by atoms with E-state index in [1.165, 1.54) is 11.1 Å². The van der Waals surface area contributed by atoms with Crippen molar-refractivity contribution >= 4 is 11.9 Å². The van der Waals surface area contributed by atoms with E-state index in [-0.39, 0.29) is 5.91 Å². The summed E-state index contributed by atoms with van der Waals surface area (Å²) in [4.78, 5) is 18.2. The fraction of sp³-hybridized carbons (Fsp3) is 0.652. The lowest BCUT2D eigenvalue weighted by atomic mass is 10.0. The molecule has 1 amide bonds. The molecule has 3 rings (SSSR count). The van der Waals surface area contributed by atoms with E-state index in [2.05, 4.69) is 27.8 Å². The van der Waals surface area contributed by atoms with Gasteiger partial charge in [-0.05, 0) is 42.7 Å². The third kappa shape index (κ3) is 7.29. The zero-order chi connectivity index (χ0) is 21.0. The summed E-state index contributed by atoms with van der Waals surface area (Å²) in [5, 5.41) is 6.74. The van der Waals surface area contributed by atoms with Crippen LogP contribution in [0.15, 0.2) is 29.3 Å². The summed E-state index contributed by atoms with van der Waals surface area (Å²) in [5.41, 5.74) is 2.39. The fourth-order valence-corrected chi connectivity index (χ4v) is 3.90. The van der Waals surface area contributed by atoms with Crippen molar-refractivity contribution in [3.05, 3.63) is 35.4 Å². The monoisotopic (exact) mass is 416 g/mol. The normalized spacial score (nSPS) is 18.1. The number of rotatable bonds is 10. The molecular formula is C23H36N4O3. The molecule has 0 radical (unpaired) electrons. The zero-order valence-corrected chi connectivity index (χ0v) is 18.2. The first-order valence-corrected chi connectivity index (χ1v) is 11.2. The molecule has 1 aromatic carbocycles. The van der Waals surface area contributed by atoms with E-state index in [0.29, 0.717) is 25.4 Å². The van der Waals surface area contributed by atoms with Gasteiger partial charge in [-0.1, -0.05) is 24.3 Å². The van der Waals surface area contributed by atoms with E-state index in [4.69, 9.17) is 9.47 Å². The number of nitrogens with one attached hydrogen (secondary N) is 2. The number of amides is 1. The van der Waals surface area contributed by atoms with Crippen LogP contribution in [0.5, 0.6) is 0 Å². The summed E-state index contributed by atoms with van der Waals surface area (Å²) in [6, 6.07) is 8.29. The lowest BCUT2D eigenvalue weighted by molar-refractivity contribution is -0.128. The Balaban J connectivity index is 1.34. The van der Waals surface area contributed by atoms with Gasteiger partial charge in [0.25, 0.3) is 0 Å². The molecule has 0 atom stereocenters. The molecule has 7 heteroatoms. The van der Waals surface area contributed by atoms with Gasteiger partial charge < -0.3 is 25.0 Å². The number of hydrogen-bond acceptors (Lipinski definition) is 4. The Morgan fingerprint density at radius 1 is 1.23 bits per heavy atom. The van der Waals surface area contributed by atoms with Gasteiger partial charge in [-0.2, -0.15) is 0 Å². The van der Waals surface area contributed by atoms with E-state index < -0.39 is 0 Å². The number of likely N-dealkylation sites (tertiary alicyclic amines) is 1. The summed E-state index contributed by atoms with van der Waals surface area (Å²) < 4.78 is 11.2. The largest absolute Gasteiger partial charge is 0.381 e. The van der Waals surface area contributed by atoms with Crippen LogP contribution in [0.4, 0.5) is 0 Å². The van der Waals surface area contributed by atoms with E-state index >= 15 is 0 Å². The summed E-state index contributed by atoms with van der Waals surface area (Å²) in [5.74, 6) is 1.69. The van der Waals surface area contributed by atoms with Crippen molar-refractivity contribution in [2.75, 3.05) is 46.6 Å². The second-order valence-electron chi connectivity index (χ2n) is 8.02. The number of benzene rings is 1. The Kier molecular flexibility index (Phi) is 9.44. The highest BCUT2D eigenvalue weighted by Crippen LogP contribution is 2.17. The van der Waals surface area contributed by atoms with Crippen molar-refractivity contribution in [2.24, 2.45) is 10.9 Å². The van der Waals surface area contributed by atoms with Gasteiger partial charge in [-0.25, -0.2) is 0 Å². The Morgan fingerprint density at radius 3 is 2.77 bits per heavy atom. The van der Waals surface area contributed by atoms with Gasteiger partial charge in [0.15, 0.2) is 5.96 Å². The third-order valence-corrected chi connectivity index (χ3v) is 5.77. The van der Waals surface area contributed by atoms with Crippen LogP contribution >= 0.6 is 0 Å². The standard InChI is InChI=1S/C23H36N4O3/c1-24-23(25-11-5-13-30-18-19-9-14-29-15-10-19)26-16-20-6-2-3-7-21(20)17-27-12-4-8-22(27)28/h2-3,6-7,19H,4-5,8-18H2,1H3,(H2,24,25,26). The maximum Gasteiger partial charge on any atom is 0.222 e. The van der Waals surface area contributed by atoms with Crippen LogP contribution in [0.1, 0.15) is 43.2 Å². The van der Waals surface area contributed by atoms with E-state index in [9.17, 15) is 4.79 Å². The van der Waals surface area contributed by atoms with Crippen molar-refractivity contribution in [1.82, 2.24) is 15.5 Å². The second-order valence-corrected chi connectivity index (χ2v) is 8.02. The first kappa shape index (κ1) is 22.6. The van der Waals surface area contributed by atoms with Gasteiger partial charge in [-0.3, -0.25) is 9.79 Å². The van der Waals surface area contributed by atoms with Crippen LogP contribution in [-0.4, -0.2) is 63.3 Å². The second kappa shape index (κ2) is 12.5. The van der Waals surface area contributed by atoms with Crippen molar-refractivity contribution in [3.63, 3.8) is 0 Å². The molecule has 166 valence electrons. The lowest BCUT2D eigenvalue weighted by Gasteiger charge is -2.21. The predicted octanol–water partition coefficient (Wildman–Crippen LogP) is 2.31. The highest BCUT2D eigenvalue weighted by atomic mass is 16.5. The average molecular weight is 417 g/mol. The fourth-order valence-electron chi connectivity index (χ4n) is 3.90. The molecule has 0 aliphatic carbocycles. The highest BCUT2D eigenvalue weighted by Gasteiger charge is 2.20. The van der Waals surface area contributed by atoms with Gasteiger partial charge in [0, 0.05) is 66.1 Å². The lowest BCUT2D eigenvalue weighted by Crippen LogP contribution is -2.38. The molecule has 2 aliphatic rings. The summed E-state index contributed by atoms with van der Waals surface area (Å²) >= 11 is 0. The average Bonchev–Trinajstić information content (AvgIpc) is 3.18. The Morgan fingerprint density at radius 2 is 2.03 bits per heavy atom. The predicted molar refractivity (Wildman–Crippen MR) is 118 cm³/mol. The maximum atomic E-state index is 12.0. The molecule has 0 unspecified atom stereocenters. The SMILES string of the molecule is CN=C(NCCCOCC1CCOCC1)NCc1ccccc1CN1CCCC1=O. The van der Waals surface area contributed by atoms with Crippen LogP contribution in [0.25, 0.3) is 0 Å². The quantitative estimate of drug-likeness (QED) is 0.348. The molecule has 0 saturated carbocycles. The molecule has 2 saturated heterocycles. The molecule has 2 N–H and O–H groups in total. The minimum absolute atomic E-state index is 0.259. The number of hydrogen-bond donors (Lipinski definition) is 2. The number of nitrogens with zero attached hydrogens (tertiary/aromatic N) is 2.